The third-order valence-electron chi connectivity index (χ3n) is 4.99. The first-order chi connectivity index (χ1) is 15.4. The molecule has 2 aromatic heterocycles. The van der Waals surface area contributed by atoms with Crippen LogP contribution in [0.15, 0.2) is 39.2 Å². The summed E-state index contributed by atoms with van der Waals surface area (Å²) in [4.78, 5) is 46.5. The smallest absolute Gasteiger partial charge is 0.330 e. The highest BCUT2D eigenvalue weighted by atomic mass is 35.5. The highest BCUT2D eigenvalue weighted by molar-refractivity contribution is 7.13. The Kier molecular flexibility index (Phi) is 7.87. The molecule has 0 atom stereocenters. The number of hydrogen-bond donors (Lipinski definition) is 2. The molecule has 0 spiro atoms. The van der Waals surface area contributed by atoms with Crippen molar-refractivity contribution in [1.29, 1.82) is 0 Å². The van der Waals surface area contributed by atoms with Crippen molar-refractivity contribution < 1.29 is 4.79 Å². The summed E-state index contributed by atoms with van der Waals surface area (Å²) in [5.41, 5.74) is 5.96. The number of benzene rings is 1. The van der Waals surface area contributed by atoms with E-state index in [1.807, 2.05) is 26.0 Å². The average molecular weight is 476 g/mol. The van der Waals surface area contributed by atoms with Crippen LogP contribution in [0.4, 0.5) is 11.5 Å². The number of thiazole rings is 1. The summed E-state index contributed by atoms with van der Waals surface area (Å²) in [6.07, 6.45) is 3.03. The summed E-state index contributed by atoms with van der Waals surface area (Å²) in [6, 6.07) is 7.21. The van der Waals surface area contributed by atoms with Crippen LogP contribution < -0.4 is 21.9 Å². The van der Waals surface area contributed by atoms with Gasteiger partial charge < -0.3 is 5.73 Å². The Bertz CT molecular complexity index is 1220. The molecule has 1 aromatic carbocycles. The number of nitrogen functional groups attached to an aromatic ring is 1. The van der Waals surface area contributed by atoms with Crippen LogP contribution in [-0.2, 0) is 6.54 Å². The highest BCUT2D eigenvalue weighted by Crippen LogP contribution is 2.28. The van der Waals surface area contributed by atoms with Crippen LogP contribution in [0.1, 0.15) is 50.0 Å². The molecule has 1 amide bonds. The second-order valence-corrected chi connectivity index (χ2v) is 8.65. The van der Waals surface area contributed by atoms with Gasteiger partial charge in [-0.3, -0.25) is 24.0 Å². The molecule has 170 valence electrons. The van der Waals surface area contributed by atoms with Crippen molar-refractivity contribution in [1.82, 2.24) is 14.5 Å². The molecule has 0 radical (unpaired) electrons. The number of carbonyl (C=O) groups excluding carboxylic acids is 1. The minimum absolute atomic E-state index is 0.0121. The number of aromatic amines is 1. The summed E-state index contributed by atoms with van der Waals surface area (Å²) < 4.78 is 1.31. The number of rotatable bonds is 9. The van der Waals surface area contributed by atoms with E-state index in [-0.39, 0.29) is 23.7 Å². The number of aromatic nitrogens is 3. The monoisotopic (exact) mass is 475 g/mol. The summed E-state index contributed by atoms with van der Waals surface area (Å²) in [6.45, 7) is 4.61. The van der Waals surface area contributed by atoms with Crippen LogP contribution in [0.5, 0.6) is 0 Å². The molecule has 0 fully saturated rings. The minimum atomic E-state index is -0.685. The summed E-state index contributed by atoms with van der Waals surface area (Å²) in [5, 5.41) is 2.86. The summed E-state index contributed by atoms with van der Waals surface area (Å²) in [7, 11) is 0. The Morgan fingerprint density at radius 3 is 2.69 bits per heavy atom. The number of amides is 1. The number of anilines is 2. The maximum absolute atomic E-state index is 13.4. The van der Waals surface area contributed by atoms with Crippen LogP contribution in [0.2, 0.25) is 5.02 Å². The molecule has 0 saturated carbocycles. The van der Waals surface area contributed by atoms with E-state index in [9.17, 15) is 14.4 Å². The SMILES string of the molecule is CCCCN(C(=O)c1csc(-c2cccc(Cl)c2)n1)c1c(N)n(CCCC)c(=O)[nH]c1=O. The molecular formula is C22H26ClN5O3S. The zero-order valence-corrected chi connectivity index (χ0v) is 19.6. The van der Waals surface area contributed by atoms with Crippen LogP contribution >= 0.6 is 22.9 Å². The fourth-order valence-corrected chi connectivity index (χ4v) is 4.25. The lowest BCUT2D eigenvalue weighted by Gasteiger charge is -2.23. The average Bonchev–Trinajstić information content (AvgIpc) is 3.25. The Morgan fingerprint density at radius 2 is 2.00 bits per heavy atom. The van der Waals surface area contributed by atoms with Crippen molar-refractivity contribution in [2.45, 2.75) is 46.1 Å². The second-order valence-electron chi connectivity index (χ2n) is 7.36. The van der Waals surface area contributed by atoms with E-state index in [0.29, 0.717) is 29.4 Å². The molecule has 0 saturated heterocycles. The lowest BCUT2D eigenvalue weighted by molar-refractivity contribution is 0.0982. The van der Waals surface area contributed by atoms with Gasteiger partial charge in [0, 0.05) is 29.1 Å². The van der Waals surface area contributed by atoms with Crippen molar-refractivity contribution in [2.75, 3.05) is 17.2 Å². The highest BCUT2D eigenvalue weighted by Gasteiger charge is 2.26. The standard InChI is InChI=1S/C22H26ClN5O3S/c1-3-5-10-27(17-18(24)28(11-6-4-2)22(31)26-19(17)29)21(30)16-13-32-20(25-16)14-8-7-9-15(23)12-14/h7-9,12-13H,3-6,10-11,24H2,1-2H3,(H,26,29,31). The number of nitrogens with two attached hydrogens (primary N) is 1. The molecular weight excluding hydrogens is 450 g/mol. The van der Waals surface area contributed by atoms with Gasteiger partial charge in [0.05, 0.1) is 0 Å². The molecule has 0 unspecified atom stereocenters. The first-order valence-corrected chi connectivity index (χ1v) is 11.8. The van der Waals surface area contributed by atoms with E-state index in [1.165, 1.54) is 20.8 Å². The molecule has 0 aliphatic rings. The number of halogens is 1. The molecule has 2 heterocycles. The zero-order chi connectivity index (χ0) is 23.3. The van der Waals surface area contributed by atoms with E-state index < -0.39 is 17.2 Å². The van der Waals surface area contributed by atoms with Crippen molar-refractivity contribution in [3.05, 3.63) is 61.2 Å². The Morgan fingerprint density at radius 1 is 1.25 bits per heavy atom. The summed E-state index contributed by atoms with van der Waals surface area (Å²) in [5.74, 6) is -0.456. The fourth-order valence-electron chi connectivity index (χ4n) is 3.27. The van der Waals surface area contributed by atoms with Gasteiger partial charge in [0.1, 0.15) is 16.5 Å². The number of H-pyrrole nitrogens is 1. The van der Waals surface area contributed by atoms with Gasteiger partial charge in [0.15, 0.2) is 5.69 Å². The van der Waals surface area contributed by atoms with Crippen molar-refractivity contribution in [3.63, 3.8) is 0 Å². The lowest BCUT2D eigenvalue weighted by atomic mass is 10.2. The molecule has 8 nitrogen and oxygen atoms in total. The van der Waals surface area contributed by atoms with Crippen LogP contribution in [0.25, 0.3) is 10.6 Å². The molecule has 10 heteroatoms. The first kappa shape index (κ1) is 23.7. The third kappa shape index (κ3) is 5.11. The quantitative estimate of drug-likeness (QED) is 0.482. The molecule has 32 heavy (non-hydrogen) atoms. The number of nitrogens with zero attached hydrogens (tertiary/aromatic N) is 3. The van der Waals surface area contributed by atoms with Gasteiger partial charge in [0.25, 0.3) is 11.5 Å². The lowest BCUT2D eigenvalue weighted by Crippen LogP contribution is -2.41. The fraction of sp³-hybridized carbons (Fsp3) is 0.364. The molecule has 3 N–H and O–H groups in total. The van der Waals surface area contributed by atoms with E-state index in [4.69, 9.17) is 17.3 Å². The molecule has 3 aromatic rings. The minimum Gasteiger partial charge on any atom is -0.383 e. The van der Waals surface area contributed by atoms with Crippen molar-refractivity contribution in [2.24, 2.45) is 0 Å². The van der Waals surface area contributed by atoms with Crippen LogP contribution in [-0.4, -0.2) is 27.0 Å². The number of hydrogen-bond acceptors (Lipinski definition) is 6. The van der Waals surface area contributed by atoms with Crippen molar-refractivity contribution in [3.8, 4) is 10.6 Å². The van der Waals surface area contributed by atoms with E-state index in [0.717, 1.165) is 18.4 Å². The molecule has 0 bridgehead atoms. The Balaban J connectivity index is 2.03. The molecule has 3 rings (SSSR count). The van der Waals surface area contributed by atoms with Gasteiger partial charge in [0.2, 0.25) is 0 Å². The maximum atomic E-state index is 13.4. The predicted octanol–water partition coefficient (Wildman–Crippen LogP) is 4.14. The number of carbonyl (C=O) groups is 1. The molecule has 0 aliphatic heterocycles. The molecule has 0 aliphatic carbocycles. The predicted molar refractivity (Wildman–Crippen MR) is 130 cm³/mol. The van der Waals surface area contributed by atoms with Gasteiger partial charge in [-0.25, -0.2) is 9.78 Å². The van der Waals surface area contributed by atoms with Gasteiger partial charge in [-0.1, -0.05) is 50.4 Å². The van der Waals surface area contributed by atoms with Crippen molar-refractivity contribution >= 4 is 40.4 Å². The zero-order valence-electron chi connectivity index (χ0n) is 18.1. The topological polar surface area (TPSA) is 114 Å². The second kappa shape index (κ2) is 10.6. The van der Waals surface area contributed by atoms with Crippen LogP contribution in [0.3, 0.4) is 0 Å². The van der Waals surface area contributed by atoms with Gasteiger partial charge >= 0.3 is 5.69 Å². The van der Waals surface area contributed by atoms with Gasteiger partial charge in [-0.15, -0.1) is 11.3 Å². The third-order valence-corrected chi connectivity index (χ3v) is 6.12. The number of unbranched alkanes of at least 4 members (excludes halogenated alkanes) is 2. The Hall–Kier alpha value is -2.91. The largest absolute Gasteiger partial charge is 0.383 e. The van der Waals surface area contributed by atoms with Crippen LogP contribution in [0, 0.1) is 0 Å². The summed E-state index contributed by atoms with van der Waals surface area (Å²) >= 11 is 7.38. The van der Waals surface area contributed by atoms with E-state index in [2.05, 4.69) is 9.97 Å². The number of nitrogens with one attached hydrogen (secondary N) is 1. The van der Waals surface area contributed by atoms with Gasteiger partial charge in [-0.05, 0) is 25.0 Å². The van der Waals surface area contributed by atoms with Gasteiger partial charge in [-0.2, -0.15) is 0 Å². The van der Waals surface area contributed by atoms with E-state index >= 15 is 0 Å². The Labute approximate surface area is 194 Å². The first-order valence-electron chi connectivity index (χ1n) is 10.5. The van der Waals surface area contributed by atoms with E-state index in [1.54, 1.807) is 17.5 Å². The normalized spacial score (nSPS) is 11.0. The maximum Gasteiger partial charge on any atom is 0.330 e.